The lowest BCUT2D eigenvalue weighted by Crippen LogP contribution is -2.42. The Kier molecular flexibility index (Phi) is 4.85. The van der Waals surface area contributed by atoms with Crippen molar-refractivity contribution in [2.75, 3.05) is 26.7 Å². The number of hydrogen-bond acceptors (Lipinski definition) is 3. The molecule has 1 atom stereocenters. The number of halogens is 2. The van der Waals surface area contributed by atoms with Gasteiger partial charge in [-0.15, -0.1) is 0 Å². The highest BCUT2D eigenvalue weighted by Crippen LogP contribution is 2.18. The zero-order valence-corrected chi connectivity index (χ0v) is 11.1. The second kappa shape index (κ2) is 6.41. The first kappa shape index (κ1) is 14.4. The van der Waals surface area contributed by atoms with E-state index in [1.807, 2.05) is 0 Å². The molecule has 0 radical (unpaired) electrons. The molecule has 5 heteroatoms. The Morgan fingerprint density at radius 1 is 1.37 bits per heavy atom. The molecule has 2 rings (SSSR count). The highest BCUT2D eigenvalue weighted by atomic mass is 19.1. The number of benzene rings is 1. The Morgan fingerprint density at radius 3 is 2.74 bits per heavy atom. The van der Waals surface area contributed by atoms with Crippen LogP contribution in [0.25, 0.3) is 0 Å². The fourth-order valence-corrected chi connectivity index (χ4v) is 2.37. The van der Waals surface area contributed by atoms with Gasteiger partial charge in [0.05, 0.1) is 6.10 Å². The number of likely N-dealkylation sites (tertiary alicyclic amines) is 1. The van der Waals surface area contributed by atoms with Crippen LogP contribution in [0.3, 0.4) is 0 Å². The molecule has 1 aromatic carbocycles. The van der Waals surface area contributed by atoms with Gasteiger partial charge in [-0.1, -0.05) is 0 Å². The lowest BCUT2D eigenvalue weighted by atomic mass is 10.0. The summed E-state index contributed by atoms with van der Waals surface area (Å²) in [6.07, 6.45) is 0.999. The van der Waals surface area contributed by atoms with Crippen LogP contribution < -0.4 is 5.32 Å². The quantitative estimate of drug-likeness (QED) is 0.874. The number of nitrogens with one attached hydrogen (secondary N) is 1. The number of nitrogens with zero attached hydrogens (tertiary/aromatic N) is 1. The monoisotopic (exact) mass is 270 g/mol. The Balaban J connectivity index is 1.87. The van der Waals surface area contributed by atoms with Gasteiger partial charge in [-0.25, -0.2) is 8.78 Å². The van der Waals surface area contributed by atoms with Crippen molar-refractivity contribution in [3.8, 4) is 0 Å². The van der Waals surface area contributed by atoms with E-state index in [0.717, 1.165) is 44.1 Å². The van der Waals surface area contributed by atoms with Crippen molar-refractivity contribution in [3.63, 3.8) is 0 Å². The molecule has 19 heavy (non-hydrogen) atoms. The molecule has 106 valence electrons. The van der Waals surface area contributed by atoms with E-state index in [-0.39, 0.29) is 12.1 Å². The first-order valence-electron chi connectivity index (χ1n) is 6.61. The Labute approximate surface area is 112 Å². The van der Waals surface area contributed by atoms with E-state index in [4.69, 9.17) is 0 Å². The van der Waals surface area contributed by atoms with Gasteiger partial charge in [0.25, 0.3) is 0 Å². The van der Waals surface area contributed by atoms with Gasteiger partial charge in [0.1, 0.15) is 11.6 Å². The van der Waals surface area contributed by atoms with Gasteiger partial charge >= 0.3 is 0 Å². The molecule has 3 nitrogen and oxygen atoms in total. The first-order chi connectivity index (χ1) is 9.06. The average Bonchev–Trinajstić information content (AvgIpc) is 2.40. The van der Waals surface area contributed by atoms with E-state index in [1.54, 1.807) is 0 Å². The summed E-state index contributed by atoms with van der Waals surface area (Å²) in [6, 6.07) is 3.48. The van der Waals surface area contributed by atoms with Gasteiger partial charge in [0.15, 0.2) is 0 Å². The van der Waals surface area contributed by atoms with Crippen LogP contribution in [0, 0.1) is 11.6 Å². The van der Waals surface area contributed by atoms with Crippen LogP contribution >= 0.6 is 0 Å². The predicted molar refractivity (Wildman–Crippen MR) is 69.8 cm³/mol. The molecular weight excluding hydrogens is 250 g/mol. The van der Waals surface area contributed by atoms with Crippen LogP contribution in [-0.2, 0) is 0 Å². The van der Waals surface area contributed by atoms with Crippen molar-refractivity contribution in [2.24, 2.45) is 0 Å². The van der Waals surface area contributed by atoms with Crippen LogP contribution in [0.15, 0.2) is 18.2 Å². The first-order valence-corrected chi connectivity index (χ1v) is 6.61. The maximum Gasteiger partial charge on any atom is 0.129 e. The van der Waals surface area contributed by atoms with E-state index < -0.39 is 17.7 Å². The van der Waals surface area contributed by atoms with Gasteiger partial charge in [0, 0.05) is 18.2 Å². The third-order valence-corrected chi connectivity index (χ3v) is 3.64. The zero-order valence-electron chi connectivity index (χ0n) is 11.1. The highest BCUT2D eigenvalue weighted by Gasteiger charge is 2.19. The van der Waals surface area contributed by atoms with E-state index in [1.165, 1.54) is 0 Å². The molecule has 1 heterocycles. The minimum Gasteiger partial charge on any atom is -0.387 e. The summed E-state index contributed by atoms with van der Waals surface area (Å²) in [5.41, 5.74) is 0.0143. The van der Waals surface area contributed by atoms with E-state index in [0.29, 0.717) is 6.04 Å². The summed E-state index contributed by atoms with van der Waals surface area (Å²) < 4.78 is 26.5. The van der Waals surface area contributed by atoms with Crippen LogP contribution in [-0.4, -0.2) is 42.7 Å². The molecule has 0 amide bonds. The van der Waals surface area contributed by atoms with Crippen LogP contribution in [0.1, 0.15) is 24.5 Å². The molecule has 0 aromatic heterocycles. The predicted octanol–water partition coefficient (Wildman–Crippen LogP) is 1.68. The molecule has 0 saturated carbocycles. The van der Waals surface area contributed by atoms with Crippen molar-refractivity contribution < 1.29 is 13.9 Å². The number of hydrogen-bond donors (Lipinski definition) is 2. The molecule has 0 spiro atoms. The normalized spacial score (nSPS) is 19.6. The second-order valence-electron chi connectivity index (χ2n) is 5.17. The van der Waals surface area contributed by atoms with Gasteiger partial charge in [-0.2, -0.15) is 0 Å². The summed E-state index contributed by atoms with van der Waals surface area (Å²) in [5, 5.41) is 13.2. The summed E-state index contributed by atoms with van der Waals surface area (Å²) in [4.78, 5) is 2.25. The standard InChI is InChI=1S/C14H20F2N2O/c1-18-6-4-11(5-7-18)17-9-14(19)12-8-10(15)2-3-13(12)16/h2-3,8,11,14,17,19H,4-7,9H2,1H3. The van der Waals surface area contributed by atoms with Gasteiger partial charge in [0.2, 0.25) is 0 Å². The minimum atomic E-state index is -1.02. The third kappa shape index (κ3) is 3.96. The molecule has 1 aliphatic heterocycles. The number of aliphatic hydroxyl groups is 1. The van der Waals surface area contributed by atoms with E-state index >= 15 is 0 Å². The van der Waals surface area contributed by atoms with Crippen molar-refractivity contribution >= 4 is 0 Å². The van der Waals surface area contributed by atoms with Gasteiger partial charge < -0.3 is 15.3 Å². The number of rotatable bonds is 4. The molecular formula is C14H20F2N2O. The smallest absolute Gasteiger partial charge is 0.129 e. The molecule has 2 N–H and O–H groups in total. The summed E-state index contributed by atoms with van der Waals surface area (Å²) >= 11 is 0. The van der Waals surface area contributed by atoms with Gasteiger partial charge in [-0.3, -0.25) is 0 Å². The average molecular weight is 270 g/mol. The molecule has 1 fully saturated rings. The minimum absolute atomic E-state index is 0.0143. The van der Waals surface area contributed by atoms with Gasteiger partial charge in [-0.05, 0) is 51.2 Å². The van der Waals surface area contributed by atoms with Crippen molar-refractivity contribution in [1.82, 2.24) is 10.2 Å². The van der Waals surface area contributed by atoms with E-state index in [2.05, 4.69) is 17.3 Å². The van der Waals surface area contributed by atoms with Crippen LogP contribution in [0.5, 0.6) is 0 Å². The maximum absolute atomic E-state index is 13.5. The Morgan fingerprint density at radius 2 is 2.05 bits per heavy atom. The van der Waals surface area contributed by atoms with Crippen molar-refractivity contribution in [1.29, 1.82) is 0 Å². The molecule has 0 bridgehead atoms. The summed E-state index contributed by atoms with van der Waals surface area (Å²) in [5.74, 6) is -1.10. The molecule has 0 aliphatic carbocycles. The molecule has 1 unspecified atom stereocenters. The lowest BCUT2D eigenvalue weighted by molar-refractivity contribution is 0.154. The molecule has 1 aliphatic rings. The number of aliphatic hydroxyl groups excluding tert-OH is 1. The third-order valence-electron chi connectivity index (χ3n) is 3.64. The maximum atomic E-state index is 13.5. The summed E-state index contributed by atoms with van der Waals surface area (Å²) in [6.45, 7) is 2.28. The van der Waals surface area contributed by atoms with E-state index in [9.17, 15) is 13.9 Å². The summed E-state index contributed by atoms with van der Waals surface area (Å²) in [7, 11) is 2.08. The highest BCUT2D eigenvalue weighted by molar-refractivity contribution is 5.21. The Hall–Kier alpha value is -1.04. The molecule has 1 saturated heterocycles. The second-order valence-corrected chi connectivity index (χ2v) is 5.17. The largest absolute Gasteiger partial charge is 0.387 e. The molecule has 1 aromatic rings. The lowest BCUT2D eigenvalue weighted by Gasteiger charge is -2.30. The Bertz CT molecular complexity index is 420. The van der Waals surface area contributed by atoms with Crippen molar-refractivity contribution in [3.05, 3.63) is 35.4 Å². The SMILES string of the molecule is CN1CCC(NCC(O)c2cc(F)ccc2F)CC1. The topological polar surface area (TPSA) is 35.5 Å². The fraction of sp³-hybridized carbons (Fsp3) is 0.571. The van der Waals surface area contributed by atoms with Crippen LogP contribution in [0.4, 0.5) is 8.78 Å². The van der Waals surface area contributed by atoms with Crippen LogP contribution in [0.2, 0.25) is 0 Å². The number of piperidine rings is 1. The zero-order chi connectivity index (χ0) is 13.8. The van der Waals surface area contributed by atoms with Crippen molar-refractivity contribution in [2.45, 2.75) is 25.0 Å². The fourth-order valence-electron chi connectivity index (χ4n) is 2.37.